The quantitative estimate of drug-likeness (QED) is 0.509. The van der Waals surface area contributed by atoms with Gasteiger partial charge in [-0.3, -0.25) is 4.79 Å². The maximum atomic E-state index is 11.7. The molecule has 0 saturated carbocycles. The highest BCUT2D eigenvalue weighted by molar-refractivity contribution is 7.12. The van der Waals surface area contributed by atoms with Crippen LogP contribution in [0, 0.1) is 0 Å². The van der Waals surface area contributed by atoms with E-state index in [1.807, 2.05) is 0 Å². The van der Waals surface area contributed by atoms with Crippen LogP contribution in [0.5, 0.6) is 5.75 Å². The third-order valence-electron chi connectivity index (χ3n) is 2.87. The van der Waals surface area contributed by atoms with E-state index in [1.54, 1.807) is 11.4 Å². The van der Waals surface area contributed by atoms with Crippen molar-refractivity contribution in [3.8, 4) is 5.75 Å². The molecule has 0 unspecified atom stereocenters. The highest BCUT2D eigenvalue weighted by Gasteiger charge is 2.08. The van der Waals surface area contributed by atoms with E-state index in [0.29, 0.717) is 11.3 Å². The number of hydrogen-bond donors (Lipinski definition) is 1. The highest BCUT2D eigenvalue weighted by atomic mass is 32.1. The number of ketones is 1. The third kappa shape index (κ3) is 5.87. The van der Waals surface area contributed by atoms with Gasteiger partial charge in [0.1, 0.15) is 5.75 Å². The largest absolute Gasteiger partial charge is 0.507 e. The Kier molecular flexibility index (Phi) is 6.94. The van der Waals surface area contributed by atoms with Crippen molar-refractivity contribution < 1.29 is 9.90 Å². The number of rotatable bonds is 9. The number of carbonyl (C=O) groups is 1. The first kappa shape index (κ1) is 14.2. The van der Waals surface area contributed by atoms with Crippen LogP contribution in [-0.2, 0) is 0 Å². The van der Waals surface area contributed by atoms with E-state index in [-0.39, 0.29) is 11.5 Å². The average molecular weight is 254 g/mol. The molecule has 0 aliphatic rings. The molecule has 2 nitrogen and oxygen atoms in total. The lowest BCUT2D eigenvalue weighted by molar-refractivity contribution is 0.0982. The monoisotopic (exact) mass is 254 g/mol. The van der Waals surface area contributed by atoms with Crippen LogP contribution in [0.3, 0.4) is 0 Å². The molecule has 0 aliphatic carbocycles. The molecule has 0 spiro atoms. The Bertz CT molecular complexity index is 331. The fraction of sp³-hybridized carbons (Fsp3) is 0.643. The van der Waals surface area contributed by atoms with Crippen LogP contribution in [0.25, 0.3) is 0 Å². The van der Waals surface area contributed by atoms with Crippen molar-refractivity contribution in [2.24, 2.45) is 0 Å². The summed E-state index contributed by atoms with van der Waals surface area (Å²) in [5, 5.41) is 10.8. The van der Waals surface area contributed by atoms with Crippen molar-refractivity contribution in [3.63, 3.8) is 0 Å². The van der Waals surface area contributed by atoms with E-state index < -0.39 is 0 Å². The van der Waals surface area contributed by atoms with Gasteiger partial charge in [-0.15, -0.1) is 11.3 Å². The molecule has 1 aromatic rings. The summed E-state index contributed by atoms with van der Waals surface area (Å²) in [6.45, 7) is 2.22. The van der Waals surface area contributed by atoms with E-state index in [2.05, 4.69) is 6.92 Å². The number of Topliss-reactive ketones (excluding diaryl/α,β-unsaturated/α-hetero) is 1. The van der Waals surface area contributed by atoms with Gasteiger partial charge in [0, 0.05) is 17.9 Å². The van der Waals surface area contributed by atoms with Gasteiger partial charge in [-0.2, -0.15) is 0 Å². The predicted octanol–water partition coefficient (Wildman–Crippen LogP) is 4.78. The molecule has 0 saturated heterocycles. The summed E-state index contributed by atoms with van der Waals surface area (Å²) < 4.78 is 0. The Morgan fingerprint density at radius 3 is 2.41 bits per heavy atom. The van der Waals surface area contributed by atoms with Crippen molar-refractivity contribution in [1.29, 1.82) is 0 Å². The van der Waals surface area contributed by atoms with Crippen LogP contribution < -0.4 is 0 Å². The van der Waals surface area contributed by atoms with Crippen LogP contribution in [0.4, 0.5) is 0 Å². The average Bonchev–Trinajstić information content (AvgIpc) is 2.74. The lowest BCUT2D eigenvalue weighted by Gasteiger charge is -2.00. The van der Waals surface area contributed by atoms with Gasteiger partial charge in [-0.25, -0.2) is 0 Å². The molecule has 96 valence electrons. The van der Waals surface area contributed by atoms with Crippen LogP contribution in [0.1, 0.15) is 68.0 Å². The molecule has 0 atom stereocenters. The van der Waals surface area contributed by atoms with Gasteiger partial charge in [-0.1, -0.05) is 45.4 Å². The Morgan fingerprint density at radius 2 is 1.82 bits per heavy atom. The van der Waals surface area contributed by atoms with Gasteiger partial charge >= 0.3 is 0 Å². The van der Waals surface area contributed by atoms with Crippen LogP contribution in [0.15, 0.2) is 11.4 Å². The molecule has 1 N–H and O–H groups in total. The first-order valence-electron chi connectivity index (χ1n) is 6.54. The van der Waals surface area contributed by atoms with E-state index in [4.69, 9.17) is 5.11 Å². The predicted molar refractivity (Wildman–Crippen MR) is 72.9 cm³/mol. The van der Waals surface area contributed by atoms with Gasteiger partial charge in [-0.05, 0) is 6.42 Å². The number of thiophene rings is 1. The minimum Gasteiger partial charge on any atom is -0.507 e. The first-order chi connectivity index (χ1) is 8.24. The Morgan fingerprint density at radius 1 is 1.18 bits per heavy atom. The third-order valence-corrected chi connectivity index (χ3v) is 3.83. The first-order valence-corrected chi connectivity index (χ1v) is 7.42. The molecule has 0 amide bonds. The molecule has 1 rings (SSSR count). The van der Waals surface area contributed by atoms with Gasteiger partial charge in [0.15, 0.2) is 5.78 Å². The molecule has 0 bridgehead atoms. The molecular formula is C14H22O2S. The van der Waals surface area contributed by atoms with Crippen molar-refractivity contribution >= 4 is 17.1 Å². The fourth-order valence-electron chi connectivity index (χ4n) is 1.84. The van der Waals surface area contributed by atoms with E-state index >= 15 is 0 Å². The number of hydrogen-bond acceptors (Lipinski definition) is 3. The molecule has 17 heavy (non-hydrogen) atoms. The van der Waals surface area contributed by atoms with Crippen LogP contribution in [-0.4, -0.2) is 10.9 Å². The lowest BCUT2D eigenvalue weighted by atomic mass is 10.1. The van der Waals surface area contributed by atoms with Gasteiger partial charge < -0.3 is 5.11 Å². The summed E-state index contributed by atoms with van der Waals surface area (Å²) in [7, 11) is 0. The van der Waals surface area contributed by atoms with Gasteiger partial charge in [0.25, 0.3) is 0 Å². The number of unbranched alkanes of at least 4 members (excludes halogenated alkanes) is 6. The van der Waals surface area contributed by atoms with Crippen LogP contribution in [0.2, 0.25) is 0 Å². The normalized spacial score (nSPS) is 10.6. The molecule has 0 aliphatic heterocycles. The summed E-state index contributed by atoms with van der Waals surface area (Å²) >= 11 is 1.33. The van der Waals surface area contributed by atoms with Crippen LogP contribution >= 0.6 is 11.3 Å². The standard InChI is InChI=1S/C14H22O2S/c1-2-3-4-5-6-7-8-9-13(16)14-10-12(15)11-17-14/h10-11,15H,2-9H2,1H3. The minimum absolute atomic E-state index is 0.170. The minimum atomic E-state index is 0.170. The van der Waals surface area contributed by atoms with E-state index in [0.717, 1.165) is 12.8 Å². The molecule has 0 aromatic carbocycles. The topological polar surface area (TPSA) is 37.3 Å². The number of aromatic hydroxyl groups is 1. The zero-order chi connectivity index (χ0) is 12.5. The second-order valence-electron chi connectivity index (χ2n) is 4.46. The van der Waals surface area contributed by atoms with Crippen molar-refractivity contribution in [1.82, 2.24) is 0 Å². The molecule has 1 aromatic heterocycles. The maximum Gasteiger partial charge on any atom is 0.172 e. The maximum absolute atomic E-state index is 11.7. The summed E-state index contributed by atoms with van der Waals surface area (Å²) in [4.78, 5) is 12.4. The molecule has 1 heterocycles. The second-order valence-corrected chi connectivity index (χ2v) is 5.37. The van der Waals surface area contributed by atoms with E-state index in [1.165, 1.54) is 43.4 Å². The van der Waals surface area contributed by atoms with Gasteiger partial charge in [0.2, 0.25) is 0 Å². The Balaban J connectivity index is 2.05. The smallest absolute Gasteiger partial charge is 0.172 e. The zero-order valence-electron chi connectivity index (χ0n) is 10.6. The van der Waals surface area contributed by atoms with E-state index in [9.17, 15) is 4.79 Å². The molecule has 0 radical (unpaired) electrons. The fourth-order valence-corrected chi connectivity index (χ4v) is 2.58. The van der Waals surface area contributed by atoms with Crippen molar-refractivity contribution in [2.75, 3.05) is 0 Å². The Labute approximate surface area is 108 Å². The summed E-state index contributed by atoms with van der Waals surface area (Å²) in [5.74, 6) is 0.377. The van der Waals surface area contributed by atoms with Gasteiger partial charge in [0.05, 0.1) is 4.88 Å². The summed E-state index contributed by atoms with van der Waals surface area (Å²) in [6, 6.07) is 1.56. The molecule has 3 heteroatoms. The summed E-state index contributed by atoms with van der Waals surface area (Å²) in [5.41, 5.74) is 0. The second kappa shape index (κ2) is 8.29. The number of carbonyl (C=O) groups excluding carboxylic acids is 1. The molecular weight excluding hydrogens is 232 g/mol. The SMILES string of the molecule is CCCCCCCCCC(=O)c1cc(O)cs1. The molecule has 0 fully saturated rings. The lowest BCUT2D eigenvalue weighted by Crippen LogP contribution is -1.95. The zero-order valence-corrected chi connectivity index (χ0v) is 11.4. The van der Waals surface area contributed by atoms with Crippen molar-refractivity contribution in [3.05, 3.63) is 16.3 Å². The van der Waals surface area contributed by atoms with Crippen molar-refractivity contribution in [2.45, 2.75) is 58.3 Å². The highest BCUT2D eigenvalue weighted by Crippen LogP contribution is 2.22. The Hall–Kier alpha value is -0.830. The summed E-state index contributed by atoms with van der Waals surface area (Å²) in [6.07, 6.45) is 9.20.